The third-order valence-electron chi connectivity index (χ3n) is 4.30. The summed E-state index contributed by atoms with van der Waals surface area (Å²) in [5.74, 6) is 0. The molecule has 1 aliphatic rings. The molecule has 2 aromatic rings. The number of nitrogens with zero attached hydrogens (tertiary/aromatic N) is 3. The molecule has 0 bridgehead atoms. The van der Waals surface area contributed by atoms with Crippen LogP contribution < -0.4 is 0 Å². The molecule has 3 rings (SSSR count). The summed E-state index contributed by atoms with van der Waals surface area (Å²) in [6.45, 7) is 8.77. The molecule has 1 saturated heterocycles. The van der Waals surface area contributed by atoms with Crippen LogP contribution in [0.4, 0.5) is 0 Å². The highest BCUT2D eigenvalue weighted by molar-refractivity contribution is 5.28. The van der Waals surface area contributed by atoms with Gasteiger partial charge in [-0.2, -0.15) is 0 Å². The summed E-state index contributed by atoms with van der Waals surface area (Å²) in [6.07, 6.45) is 3.84. The first-order chi connectivity index (χ1) is 10.6. The van der Waals surface area contributed by atoms with E-state index in [0.717, 1.165) is 31.1 Å². The van der Waals surface area contributed by atoms with Gasteiger partial charge in [0.15, 0.2) is 0 Å². The summed E-state index contributed by atoms with van der Waals surface area (Å²) in [5, 5.41) is 0. The lowest BCUT2D eigenvalue weighted by atomic mass is 10.0. The molecule has 4 heteroatoms. The van der Waals surface area contributed by atoms with E-state index in [1.807, 2.05) is 19.3 Å². The fourth-order valence-electron chi connectivity index (χ4n) is 2.87. The molecule has 0 N–H and O–H groups in total. The van der Waals surface area contributed by atoms with Gasteiger partial charge in [0.2, 0.25) is 0 Å². The summed E-state index contributed by atoms with van der Waals surface area (Å²) < 4.78 is 6.07. The Morgan fingerprint density at radius 1 is 1.18 bits per heavy atom. The summed E-state index contributed by atoms with van der Waals surface area (Å²) in [6, 6.07) is 8.86. The fraction of sp³-hybridized carbons (Fsp3) is 0.444. The van der Waals surface area contributed by atoms with Crippen molar-refractivity contribution in [2.24, 2.45) is 0 Å². The Hall–Kier alpha value is -1.78. The van der Waals surface area contributed by atoms with E-state index >= 15 is 0 Å². The normalized spacial score (nSPS) is 22.7. The first-order valence-corrected chi connectivity index (χ1v) is 7.82. The Kier molecular flexibility index (Phi) is 4.50. The number of rotatable bonds is 3. The van der Waals surface area contributed by atoms with Crippen molar-refractivity contribution in [3.63, 3.8) is 0 Å². The average molecular weight is 297 g/mol. The lowest BCUT2D eigenvalue weighted by Gasteiger charge is -2.38. The monoisotopic (exact) mass is 297 g/mol. The van der Waals surface area contributed by atoms with Crippen LogP contribution in [0.25, 0.3) is 0 Å². The number of aryl methyl sites for hydroxylation is 2. The standard InChI is InChI=1S/C18H23N3O/c1-13-6-4-5-7-17(13)18-11-21(15(3)12-22-18)10-16-9-19-14(2)8-20-16/h4-9,15,18H,10-12H2,1-3H3/t15-,18+/m1/s1. The van der Waals surface area contributed by atoms with Crippen LogP contribution in [0.1, 0.15) is 35.5 Å². The van der Waals surface area contributed by atoms with Gasteiger partial charge in [0.05, 0.1) is 24.1 Å². The van der Waals surface area contributed by atoms with Gasteiger partial charge in [-0.05, 0) is 31.9 Å². The van der Waals surface area contributed by atoms with E-state index in [1.54, 1.807) is 0 Å². The molecule has 0 saturated carbocycles. The zero-order valence-electron chi connectivity index (χ0n) is 13.5. The first kappa shape index (κ1) is 15.1. The largest absolute Gasteiger partial charge is 0.371 e. The molecule has 0 spiro atoms. The Bertz CT molecular complexity index is 626. The van der Waals surface area contributed by atoms with Crippen LogP contribution in [0.5, 0.6) is 0 Å². The van der Waals surface area contributed by atoms with Gasteiger partial charge in [0.25, 0.3) is 0 Å². The van der Waals surface area contributed by atoms with Gasteiger partial charge < -0.3 is 4.74 Å². The van der Waals surface area contributed by atoms with Crippen LogP contribution in [0, 0.1) is 13.8 Å². The van der Waals surface area contributed by atoms with E-state index in [4.69, 9.17) is 4.74 Å². The molecule has 0 radical (unpaired) electrons. The lowest BCUT2D eigenvalue weighted by molar-refractivity contribution is -0.0639. The minimum atomic E-state index is 0.135. The molecule has 2 atom stereocenters. The fourth-order valence-corrected chi connectivity index (χ4v) is 2.87. The molecular formula is C18H23N3O. The molecule has 4 nitrogen and oxygen atoms in total. The third kappa shape index (κ3) is 3.34. The van der Waals surface area contributed by atoms with E-state index in [0.29, 0.717) is 6.04 Å². The topological polar surface area (TPSA) is 38.2 Å². The summed E-state index contributed by atoms with van der Waals surface area (Å²) in [5.41, 5.74) is 4.55. The molecule has 1 aromatic heterocycles. The van der Waals surface area contributed by atoms with Gasteiger partial charge in [-0.1, -0.05) is 24.3 Å². The van der Waals surface area contributed by atoms with E-state index in [2.05, 4.69) is 53.0 Å². The number of morpholine rings is 1. The van der Waals surface area contributed by atoms with Crippen molar-refractivity contribution in [1.29, 1.82) is 0 Å². The minimum Gasteiger partial charge on any atom is -0.371 e. The zero-order chi connectivity index (χ0) is 15.5. The number of benzene rings is 1. The minimum absolute atomic E-state index is 0.135. The maximum Gasteiger partial charge on any atom is 0.0955 e. The Labute approximate surface area is 132 Å². The molecule has 0 unspecified atom stereocenters. The van der Waals surface area contributed by atoms with Crippen LogP contribution in [-0.4, -0.2) is 34.1 Å². The van der Waals surface area contributed by atoms with Crippen LogP contribution in [-0.2, 0) is 11.3 Å². The van der Waals surface area contributed by atoms with Crippen molar-refractivity contribution in [3.05, 3.63) is 59.2 Å². The van der Waals surface area contributed by atoms with Crippen molar-refractivity contribution in [1.82, 2.24) is 14.9 Å². The number of ether oxygens (including phenoxy) is 1. The van der Waals surface area contributed by atoms with Crippen LogP contribution in [0.15, 0.2) is 36.7 Å². The lowest BCUT2D eigenvalue weighted by Crippen LogP contribution is -2.44. The second kappa shape index (κ2) is 6.55. The molecule has 1 fully saturated rings. The smallest absolute Gasteiger partial charge is 0.0955 e. The highest BCUT2D eigenvalue weighted by Gasteiger charge is 2.28. The zero-order valence-corrected chi connectivity index (χ0v) is 13.5. The maximum atomic E-state index is 6.07. The number of hydrogen-bond acceptors (Lipinski definition) is 4. The van der Waals surface area contributed by atoms with Crippen molar-refractivity contribution in [2.45, 2.75) is 39.5 Å². The van der Waals surface area contributed by atoms with Crippen molar-refractivity contribution in [2.75, 3.05) is 13.2 Å². The van der Waals surface area contributed by atoms with E-state index in [1.165, 1.54) is 11.1 Å². The Morgan fingerprint density at radius 2 is 2.00 bits per heavy atom. The van der Waals surface area contributed by atoms with Gasteiger partial charge in [-0.3, -0.25) is 14.9 Å². The summed E-state index contributed by atoms with van der Waals surface area (Å²) in [7, 11) is 0. The Morgan fingerprint density at radius 3 is 2.73 bits per heavy atom. The molecule has 0 aliphatic carbocycles. The predicted octanol–water partition coefficient (Wildman–Crippen LogP) is 3.06. The predicted molar refractivity (Wildman–Crippen MR) is 86.5 cm³/mol. The molecule has 22 heavy (non-hydrogen) atoms. The van der Waals surface area contributed by atoms with Crippen LogP contribution in [0.2, 0.25) is 0 Å². The average Bonchev–Trinajstić information content (AvgIpc) is 2.52. The van der Waals surface area contributed by atoms with Crippen LogP contribution >= 0.6 is 0 Å². The maximum absolute atomic E-state index is 6.07. The van der Waals surface area contributed by atoms with E-state index < -0.39 is 0 Å². The third-order valence-corrected chi connectivity index (χ3v) is 4.30. The van der Waals surface area contributed by atoms with Gasteiger partial charge in [0.1, 0.15) is 0 Å². The number of aromatic nitrogens is 2. The van der Waals surface area contributed by atoms with Crippen molar-refractivity contribution in [3.8, 4) is 0 Å². The van der Waals surface area contributed by atoms with Crippen molar-refractivity contribution < 1.29 is 4.74 Å². The molecule has 1 aliphatic heterocycles. The van der Waals surface area contributed by atoms with Gasteiger partial charge in [0, 0.05) is 31.5 Å². The second-order valence-corrected chi connectivity index (χ2v) is 6.11. The molecular weight excluding hydrogens is 274 g/mol. The van der Waals surface area contributed by atoms with Crippen LogP contribution in [0.3, 0.4) is 0 Å². The highest BCUT2D eigenvalue weighted by atomic mass is 16.5. The molecule has 2 heterocycles. The van der Waals surface area contributed by atoms with Gasteiger partial charge in [-0.25, -0.2) is 0 Å². The summed E-state index contributed by atoms with van der Waals surface area (Å²) in [4.78, 5) is 11.2. The second-order valence-electron chi connectivity index (χ2n) is 6.11. The molecule has 0 amide bonds. The quantitative estimate of drug-likeness (QED) is 0.873. The summed E-state index contributed by atoms with van der Waals surface area (Å²) >= 11 is 0. The van der Waals surface area contributed by atoms with Gasteiger partial charge in [-0.15, -0.1) is 0 Å². The molecule has 116 valence electrons. The van der Waals surface area contributed by atoms with E-state index in [9.17, 15) is 0 Å². The first-order valence-electron chi connectivity index (χ1n) is 7.82. The highest BCUT2D eigenvalue weighted by Crippen LogP contribution is 2.27. The molecule has 1 aromatic carbocycles. The Balaban J connectivity index is 1.74. The SMILES string of the molecule is Cc1cnc(CN2C[C@@H](c3ccccc3C)OC[C@H]2C)cn1. The van der Waals surface area contributed by atoms with E-state index in [-0.39, 0.29) is 6.10 Å². The van der Waals surface area contributed by atoms with Gasteiger partial charge >= 0.3 is 0 Å². The number of hydrogen-bond donors (Lipinski definition) is 0. The van der Waals surface area contributed by atoms with Crippen molar-refractivity contribution >= 4 is 0 Å².